The Morgan fingerprint density at radius 2 is 1.16 bits per heavy atom. The number of halogens is 1. The first kappa shape index (κ1) is 31.0. The number of likely N-dealkylation sites (N-methyl/N-ethyl adjacent to an activating group) is 1. The fourth-order valence-corrected chi connectivity index (χ4v) is 5.75. The zero-order valence-corrected chi connectivity index (χ0v) is 26.0. The van der Waals surface area contributed by atoms with Gasteiger partial charge in [-0.2, -0.15) is 0 Å². The van der Waals surface area contributed by atoms with Crippen LogP contribution < -0.4 is 0 Å². The van der Waals surface area contributed by atoms with E-state index in [-0.39, 0.29) is 6.10 Å². The van der Waals surface area contributed by atoms with E-state index in [0.29, 0.717) is 0 Å². The maximum atomic E-state index is 6.69. The minimum absolute atomic E-state index is 0.0161. The van der Waals surface area contributed by atoms with Crippen molar-refractivity contribution in [2.45, 2.75) is 11.6 Å². The summed E-state index contributed by atoms with van der Waals surface area (Å²) in [6, 6.07) is 49.6. The molecule has 6 aromatic rings. The molecule has 44 heavy (non-hydrogen) atoms. The zero-order valence-electron chi connectivity index (χ0n) is 25.2. The lowest BCUT2D eigenvalue weighted by atomic mass is 9.76. The SMILES string of the molecule is CN(C)CCOC(c1ccccc1)c1ccccc1.Clc1ccccc1C(c1ccccc1)(c1ccccc1)n1ccnc1. The molecule has 0 aliphatic rings. The molecule has 0 N–H and O–H groups in total. The quantitative estimate of drug-likeness (QED) is 0.147. The normalized spacial score (nSPS) is 11.3. The lowest BCUT2D eigenvalue weighted by Crippen LogP contribution is -2.37. The molecular formula is C39H38ClN3O. The van der Waals surface area contributed by atoms with E-state index in [4.69, 9.17) is 16.3 Å². The van der Waals surface area contributed by atoms with Crippen molar-refractivity contribution in [1.82, 2.24) is 14.5 Å². The van der Waals surface area contributed by atoms with Crippen LogP contribution in [0, 0.1) is 0 Å². The van der Waals surface area contributed by atoms with Crippen molar-refractivity contribution in [3.8, 4) is 0 Å². The van der Waals surface area contributed by atoms with Gasteiger partial charge in [-0.3, -0.25) is 0 Å². The molecule has 0 amide bonds. The summed E-state index contributed by atoms with van der Waals surface area (Å²) >= 11 is 6.69. The molecule has 6 rings (SSSR count). The third kappa shape index (κ3) is 7.17. The predicted molar refractivity (Wildman–Crippen MR) is 181 cm³/mol. The molecule has 0 aliphatic heterocycles. The highest BCUT2D eigenvalue weighted by Gasteiger charge is 2.39. The van der Waals surface area contributed by atoms with E-state index in [9.17, 15) is 0 Å². The maximum Gasteiger partial charge on any atom is 0.123 e. The molecule has 0 saturated carbocycles. The zero-order chi connectivity index (χ0) is 30.6. The molecule has 1 aromatic heterocycles. The summed E-state index contributed by atoms with van der Waals surface area (Å²) < 4.78 is 8.21. The van der Waals surface area contributed by atoms with Gasteiger partial charge in [-0.15, -0.1) is 0 Å². The van der Waals surface area contributed by atoms with Crippen LogP contribution in [0.2, 0.25) is 5.02 Å². The predicted octanol–water partition coefficient (Wildman–Crippen LogP) is 8.73. The highest BCUT2D eigenvalue weighted by Crippen LogP contribution is 2.43. The van der Waals surface area contributed by atoms with Crippen molar-refractivity contribution in [2.75, 3.05) is 27.2 Å². The number of aromatic nitrogens is 2. The number of imidazole rings is 1. The Kier molecular flexibility index (Phi) is 10.8. The number of rotatable bonds is 10. The fraction of sp³-hybridized carbons (Fsp3) is 0.154. The van der Waals surface area contributed by atoms with E-state index >= 15 is 0 Å². The molecule has 0 fully saturated rings. The van der Waals surface area contributed by atoms with Crippen molar-refractivity contribution in [3.63, 3.8) is 0 Å². The Morgan fingerprint density at radius 1 is 0.682 bits per heavy atom. The van der Waals surface area contributed by atoms with Gasteiger partial charge < -0.3 is 14.2 Å². The largest absolute Gasteiger partial charge is 0.367 e. The van der Waals surface area contributed by atoms with Crippen LogP contribution >= 0.6 is 11.6 Å². The molecule has 222 valence electrons. The Hall–Kier alpha value is -4.48. The average Bonchev–Trinajstić information content (AvgIpc) is 3.62. The van der Waals surface area contributed by atoms with E-state index in [2.05, 4.69) is 132 Å². The topological polar surface area (TPSA) is 30.3 Å². The molecule has 0 aliphatic carbocycles. The van der Waals surface area contributed by atoms with Crippen LogP contribution in [0.1, 0.15) is 33.9 Å². The summed E-state index contributed by atoms with van der Waals surface area (Å²) in [4.78, 5) is 6.45. The first-order chi connectivity index (χ1) is 21.6. The first-order valence-corrected chi connectivity index (χ1v) is 15.2. The monoisotopic (exact) mass is 599 g/mol. The van der Waals surface area contributed by atoms with E-state index in [1.54, 1.807) is 6.20 Å². The van der Waals surface area contributed by atoms with Crippen LogP contribution in [0.25, 0.3) is 0 Å². The van der Waals surface area contributed by atoms with Crippen LogP contribution in [0.4, 0.5) is 0 Å². The van der Waals surface area contributed by atoms with Gasteiger partial charge in [0, 0.05) is 29.5 Å². The summed E-state index contributed by atoms with van der Waals surface area (Å²) in [6.45, 7) is 1.65. The molecule has 0 radical (unpaired) electrons. The van der Waals surface area contributed by atoms with Crippen molar-refractivity contribution in [2.24, 2.45) is 0 Å². The molecule has 0 unspecified atom stereocenters. The minimum atomic E-state index is -0.586. The van der Waals surface area contributed by atoms with Gasteiger partial charge in [0.15, 0.2) is 0 Å². The molecule has 0 saturated heterocycles. The summed E-state index contributed by atoms with van der Waals surface area (Å²) in [5.41, 5.74) is 5.10. The van der Waals surface area contributed by atoms with Gasteiger partial charge in [-0.1, -0.05) is 151 Å². The molecule has 0 bridgehead atoms. The number of benzene rings is 5. The lowest BCUT2D eigenvalue weighted by Gasteiger charge is -2.37. The maximum absolute atomic E-state index is 6.69. The highest BCUT2D eigenvalue weighted by molar-refractivity contribution is 6.31. The third-order valence-corrected chi connectivity index (χ3v) is 7.90. The van der Waals surface area contributed by atoms with E-state index in [1.165, 1.54) is 11.1 Å². The second kappa shape index (κ2) is 15.3. The van der Waals surface area contributed by atoms with E-state index < -0.39 is 5.54 Å². The Balaban J connectivity index is 0.000000182. The molecule has 0 atom stereocenters. The van der Waals surface area contributed by atoms with E-state index in [1.807, 2.05) is 55.0 Å². The Morgan fingerprint density at radius 3 is 1.61 bits per heavy atom. The van der Waals surface area contributed by atoms with Gasteiger partial charge in [0.05, 0.1) is 12.9 Å². The lowest BCUT2D eigenvalue weighted by molar-refractivity contribution is 0.0687. The second-order valence-electron chi connectivity index (χ2n) is 10.8. The van der Waals surface area contributed by atoms with Crippen molar-refractivity contribution in [1.29, 1.82) is 0 Å². The number of hydrogen-bond acceptors (Lipinski definition) is 3. The van der Waals surface area contributed by atoms with Gasteiger partial charge in [-0.25, -0.2) is 4.98 Å². The van der Waals surface area contributed by atoms with Gasteiger partial charge in [-0.05, 0) is 42.4 Å². The van der Waals surface area contributed by atoms with Crippen LogP contribution in [0.3, 0.4) is 0 Å². The standard InChI is InChI=1S/C22H17ClN2.C17H21NO/c23-21-14-8-7-13-20(21)22(25-16-15-24-17-25,18-9-3-1-4-10-18)19-11-5-2-6-12-19;1-18(2)13-14-19-17(15-9-5-3-6-10-15)16-11-7-4-8-12-16/h1-17H;3-12,17H,13-14H2,1-2H3. The van der Waals surface area contributed by atoms with Crippen molar-refractivity contribution >= 4 is 11.6 Å². The average molecular weight is 600 g/mol. The fourth-order valence-electron chi connectivity index (χ4n) is 5.48. The van der Waals surface area contributed by atoms with Crippen LogP contribution in [0.15, 0.2) is 164 Å². The molecule has 1 heterocycles. The summed E-state index contributed by atoms with van der Waals surface area (Å²) in [6.07, 6.45) is 5.66. The van der Waals surface area contributed by atoms with Crippen LogP contribution in [-0.2, 0) is 10.3 Å². The highest BCUT2D eigenvalue weighted by atomic mass is 35.5. The molecule has 0 spiro atoms. The van der Waals surface area contributed by atoms with E-state index in [0.717, 1.165) is 34.9 Å². The molecule has 4 nitrogen and oxygen atoms in total. The molecule has 5 aromatic carbocycles. The van der Waals surface area contributed by atoms with Gasteiger partial charge >= 0.3 is 0 Å². The van der Waals surface area contributed by atoms with Crippen LogP contribution in [-0.4, -0.2) is 41.7 Å². The van der Waals surface area contributed by atoms with Crippen molar-refractivity contribution < 1.29 is 4.74 Å². The second-order valence-corrected chi connectivity index (χ2v) is 11.2. The third-order valence-electron chi connectivity index (χ3n) is 7.57. The molecule has 5 heteroatoms. The summed E-state index contributed by atoms with van der Waals surface area (Å²) in [5, 5.41) is 0.726. The van der Waals surface area contributed by atoms with Gasteiger partial charge in [0.1, 0.15) is 11.6 Å². The van der Waals surface area contributed by atoms with Crippen LogP contribution in [0.5, 0.6) is 0 Å². The smallest absolute Gasteiger partial charge is 0.123 e. The molecular weight excluding hydrogens is 562 g/mol. The minimum Gasteiger partial charge on any atom is -0.367 e. The van der Waals surface area contributed by atoms with Crippen molar-refractivity contribution in [3.05, 3.63) is 197 Å². The number of hydrogen-bond donors (Lipinski definition) is 0. The summed E-state index contributed by atoms with van der Waals surface area (Å²) in [5.74, 6) is 0. The number of nitrogens with zero attached hydrogens (tertiary/aromatic N) is 3. The van der Waals surface area contributed by atoms with Gasteiger partial charge in [0.25, 0.3) is 0 Å². The Labute approximate surface area is 266 Å². The number of ether oxygens (including phenoxy) is 1. The van der Waals surface area contributed by atoms with Gasteiger partial charge in [0.2, 0.25) is 0 Å². The Bertz CT molecular complexity index is 1580. The first-order valence-electron chi connectivity index (χ1n) is 14.8. The summed E-state index contributed by atoms with van der Waals surface area (Å²) in [7, 11) is 4.12.